The highest BCUT2D eigenvalue weighted by molar-refractivity contribution is 9.10. The Morgan fingerprint density at radius 3 is 2.48 bits per heavy atom. The van der Waals surface area contributed by atoms with E-state index in [1.165, 1.54) is 0 Å². The van der Waals surface area contributed by atoms with Crippen LogP contribution in [0.25, 0.3) is 33.6 Å². The van der Waals surface area contributed by atoms with Gasteiger partial charge in [-0.2, -0.15) is 0 Å². The topological polar surface area (TPSA) is 57.4 Å². The minimum Gasteiger partial charge on any atom is -0.490 e. The van der Waals surface area contributed by atoms with Crippen molar-refractivity contribution in [1.82, 2.24) is 9.97 Å². The van der Waals surface area contributed by atoms with E-state index in [-0.39, 0.29) is 0 Å². The van der Waals surface area contributed by atoms with Crippen molar-refractivity contribution < 1.29 is 13.9 Å². The first-order chi connectivity index (χ1) is 12.3. The van der Waals surface area contributed by atoms with E-state index in [9.17, 15) is 0 Å². The highest BCUT2D eigenvalue weighted by Crippen LogP contribution is 2.40. The number of aromatic nitrogens is 2. The summed E-state index contributed by atoms with van der Waals surface area (Å²) in [6.07, 6.45) is 0.874. The third kappa shape index (κ3) is 2.44. The Labute approximate surface area is 151 Å². The molecule has 0 aliphatic carbocycles. The predicted octanol–water partition coefficient (Wildman–Crippen LogP) is 4.97. The quantitative estimate of drug-likeness (QED) is 0.454. The lowest BCUT2D eigenvalue weighted by atomic mass is 10.1. The number of fused-ring (bicyclic) bond motifs is 3. The lowest BCUT2D eigenvalue weighted by molar-refractivity contribution is 0.297. The standard InChI is InChI=1S/C19H13BrN2O3/c20-16-17-19(22-13-5-2-1-4-12(13)21-17)25-18(16)11-6-7-14-15(10-11)24-9-3-8-23-14/h1-2,4-7,10H,3,8-9H2. The highest BCUT2D eigenvalue weighted by Gasteiger charge is 2.19. The molecule has 0 bridgehead atoms. The minimum atomic E-state index is 0.507. The van der Waals surface area contributed by atoms with Gasteiger partial charge in [0.1, 0.15) is 5.52 Å². The second-order valence-electron chi connectivity index (χ2n) is 5.82. The number of furan rings is 1. The van der Waals surface area contributed by atoms with Crippen LogP contribution in [0.1, 0.15) is 6.42 Å². The average molecular weight is 397 g/mol. The molecule has 0 saturated carbocycles. The molecule has 124 valence electrons. The van der Waals surface area contributed by atoms with Gasteiger partial charge in [0.15, 0.2) is 17.3 Å². The molecule has 1 aliphatic rings. The third-order valence-corrected chi connectivity index (χ3v) is 4.89. The Hall–Kier alpha value is -2.60. The van der Waals surface area contributed by atoms with E-state index in [0.717, 1.165) is 39.0 Å². The van der Waals surface area contributed by atoms with E-state index in [1.807, 2.05) is 42.5 Å². The average Bonchev–Trinajstić information content (AvgIpc) is 2.82. The van der Waals surface area contributed by atoms with E-state index < -0.39 is 0 Å². The van der Waals surface area contributed by atoms with Gasteiger partial charge in [-0.05, 0) is 46.3 Å². The number of ether oxygens (including phenoxy) is 2. The number of hydrogen-bond acceptors (Lipinski definition) is 5. The molecule has 5 rings (SSSR count). The fourth-order valence-electron chi connectivity index (χ4n) is 2.94. The van der Waals surface area contributed by atoms with Crippen molar-refractivity contribution in [2.24, 2.45) is 0 Å². The maximum Gasteiger partial charge on any atom is 0.247 e. The Morgan fingerprint density at radius 2 is 1.64 bits per heavy atom. The monoisotopic (exact) mass is 396 g/mol. The first kappa shape index (κ1) is 14.7. The van der Waals surface area contributed by atoms with Crippen LogP contribution >= 0.6 is 15.9 Å². The first-order valence-electron chi connectivity index (χ1n) is 8.04. The van der Waals surface area contributed by atoms with Crippen LogP contribution < -0.4 is 9.47 Å². The lowest BCUT2D eigenvalue weighted by Crippen LogP contribution is -1.97. The summed E-state index contributed by atoms with van der Waals surface area (Å²) in [7, 11) is 0. The highest BCUT2D eigenvalue weighted by atomic mass is 79.9. The van der Waals surface area contributed by atoms with Gasteiger partial charge in [-0.15, -0.1) is 0 Å². The Morgan fingerprint density at radius 1 is 0.880 bits per heavy atom. The molecule has 2 aromatic heterocycles. The normalized spacial score (nSPS) is 14.0. The van der Waals surface area contributed by atoms with E-state index in [4.69, 9.17) is 13.9 Å². The van der Waals surface area contributed by atoms with E-state index >= 15 is 0 Å². The number of halogens is 1. The summed E-state index contributed by atoms with van der Waals surface area (Å²) in [4.78, 5) is 9.24. The van der Waals surface area contributed by atoms with Gasteiger partial charge in [0.2, 0.25) is 5.71 Å². The fraction of sp³-hybridized carbons (Fsp3) is 0.158. The molecular formula is C19H13BrN2O3. The summed E-state index contributed by atoms with van der Waals surface area (Å²) in [5.74, 6) is 2.17. The van der Waals surface area contributed by atoms with Crippen LogP contribution in [0, 0.1) is 0 Å². The third-order valence-electron chi connectivity index (χ3n) is 4.15. The molecule has 3 heterocycles. The zero-order chi connectivity index (χ0) is 16.8. The summed E-state index contributed by atoms with van der Waals surface area (Å²) in [6.45, 7) is 1.31. The number of rotatable bonds is 1. The van der Waals surface area contributed by atoms with Gasteiger partial charge in [-0.25, -0.2) is 9.97 Å². The maximum atomic E-state index is 6.00. The summed E-state index contributed by atoms with van der Waals surface area (Å²) >= 11 is 3.62. The molecule has 0 spiro atoms. The molecular weight excluding hydrogens is 384 g/mol. The number of benzene rings is 2. The molecule has 0 amide bonds. The van der Waals surface area contributed by atoms with Crippen LogP contribution in [0.5, 0.6) is 11.5 Å². The van der Waals surface area contributed by atoms with Crippen molar-refractivity contribution in [3.63, 3.8) is 0 Å². The first-order valence-corrected chi connectivity index (χ1v) is 8.84. The van der Waals surface area contributed by atoms with Crippen molar-refractivity contribution in [3.05, 3.63) is 46.9 Å². The molecule has 1 aliphatic heterocycles. The Balaban J connectivity index is 1.68. The van der Waals surface area contributed by atoms with Gasteiger partial charge in [-0.1, -0.05) is 12.1 Å². The smallest absolute Gasteiger partial charge is 0.247 e. The zero-order valence-electron chi connectivity index (χ0n) is 13.2. The summed E-state index contributed by atoms with van der Waals surface area (Å²) in [6, 6.07) is 13.5. The number of para-hydroxylation sites is 2. The maximum absolute atomic E-state index is 6.00. The van der Waals surface area contributed by atoms with Crippen molar-refractivity contribution in [2.45, 2.75) is 6.42 Å². The van der Waals surface area contributed by atoms with Gasteiger partial charge in [0.25, 0.3) is 0 Å². The fourth-order valence-corrected chi connectivity index (χ4v) is 3.51. The van der Waals surface area contributed by atoms with Crippen LogP contribution in [-0.4, -0.2) is 23.2 Å². The summed E-state index contributed by atoms with van der Waals surface area (Å²) < 4.78 is 18.2. The Kier molecular flexibility index (Phi) is 3.38. The second-order valence-corrected chi connectivity index (χ2v) is 6.62. The molecule has 0 N–H and O–H groups in total. The van der Waals surface area contributed by atoms with Crippen LogP contribution in [0.2, 0.25) is 0 Å². The molecule has 5 nitrogen and oxygen atoms in total. The van der Waals surface area contributed by atoms with Crippen LogP contribution in [0.3, 0.4) is 0 Å². The summed E-state index contributed by atoms with van der Waals surface area (Å²) in [5.41, 5.74) is 3.75. The molecule has 0 fully saturated rings. The molecule has 6 heteroatoms. The number of nitrogens with zero attached hydrogens (tertiary/aromatic N) is 2. The SMILES string of the molecule is Brc1c(-c2ccc3c(c2)OCCCO3)oc2nc3ccccc3nc12. The van der Waals surface area contributed by atoms with E-state index in [0.29, 0.717) is 30.2 Å². The zero-order valence-corrected chi connectivity index (χ0v) is 14.7. The van der Waals surface area contributed by atoms with Crippen LogP contribution in [-0.2, 0) is 0 Å². The van der Waals surface area contributed by atoms with E-state index in [2.05, 4.69) is 25.9 Å². The lowest BCUT2D eigenvalue weighted by Gasteiger charge is -2.08. The molecule has 2 aromatic carbocycles. The van der Waals surface area contributed by atoms with Gasteiger partial charge in [-0.3, -0.25) is 0 Å². The van der Waals surface area contributed by atoms with Crippen molar-refractivity contribution in [1.29, 1.82) is 0 Å². The van der Waals surface area contributed by atoms with Gasteiger partial charge < -0.3 is 13.9 Å². The van der Waals surface area contributed by atoms with Crippen molar-refractivity contribution in [2.75, 3.05) is 13.2 Å². The predicted molar refractivity (Wildman–Crippen MR) is 98.1 cm³/mol. The van der Waals surface area contributed by atoms with E-state index in [1.54, 1.807) is 0 Å². The van der Waals surface area contributed by atoms with Crippen LogP contribution in [0.4, 0.5) is 0 Å². The molecule has 0 saturated heterocycles. The van der Waals surface area contributed by atoms with Gasteiger partial charge in [0, 0.05) is 12.0 Å². The molecule has 0 unspecified atom stereocenters. The van der Waals surface area contributed by atoms with Gasteiger partial charge >= 0.3 is 0 Å². The van der Waals surface area contributed by atoms with Gasteiger partial charge in [0.05, 0.1) is 28.7 Å². The molecule has 0 atom stereocenters. The second kappa shape index (κ2) is 5.74. The largest absolute Gasteiger partial charge is 0.490 e. The molecule has 4 aromatic rings. The molecule has 25 heavy (non-hydrogen) atoms. The number of hydrogen-bond donors (Lipinski definition) is 0. The minimum absolute atomic E-state index is 0.507. The summed E-state index contributed by atoms with van der Waals surface area (Å²) in [5, 5.41) is 0. The molecule has 0 radical (unpaired) electrons. The van der Waals surface area contributed by atoms with Crippen molar-refractivity contribution in [3.8, 4) is 22.8 Å². The van der Waals surface area contributed by atoms with Crippen molar-refractivity contribution >= 4 is 38.2 Å². The van der Waals surface area contributed by atoms with Crippen LogP contribution in [0.15, 0.2) is 51.4 Å². The Bertz CT molecular complexity index is 1110.